The van der Waals surface area contributed by atoms with Gasteiger partial charge in [0, 0.05) is 0 Å². The summed E-state index contributed by atoms with van der Waals surface area (Å²) in [6, 6.07) is 0. The lowest BCUT2D eigenvalue weighted by molar-refractivity contribution is -0.315. The van der Waals surface area contributed by atoms with Crippen molar-refractivity contribution in [3.05, 3.63) is 0 Å². The number of hydrogen-bond donors (Lipinski definition) is 1. The first-order chi connectivity index (χ1) is 3.85. The standard InChI is InChI=1S/C3H8BrO4P/c1-2(5)3(4)9(6,7)8/h2-3,5H,1H3,(H2,6,7,8)/p-2. The van der Waals surface area contributed by atoms with Crippen molar-refractivity contribution in [1.82, 2.24) is 0 Å². The second kappa shape index (κ2) is 3.12. The van der Waals surface area contributed by atoms with Crippen molar-refractivity contribution in [2.45, 2.75) is 17.6 Å². The Balaban J connectivity index is 4.05. The van der Waals surface area contributed by atoms with E-state index >= 15 is 0 Å². The maximum Gasteiger partial charge on any atom is 0.0683 e. The molecule has 0 spiro atoms. The number of rotatable bonds is 2. The minimum Gasteiger partial charge on any atom is -0.810 e. The molecule has 6 heteroatoms. The van der Waals surface area contributed by atoms with Crippen molar-refractivity contribution in [2.75, 3.05) is 0 Å². The van der Waals surface area contributed by atoms with Crippen molar-refractivity contribution in [3.63, 3.8) is 0 Å². The lowest BCUT2D eigenvalue weighted by Gasteiger charge is -2.35. The third-order valence-corrected chi connectivity index (χ3v) is 4.01. The van der Waals surface area contributed by atoms with Crippen LogP contribution in [0.1, 0.15) is 6.92 Å². The maximum atomic E-state index is 10.0. The Bertz CT molecular complexity index is 130. The molecule has 9 heavy (non-hydrogen) atoms. The topological polar surface area (TPSA) is 83.4 Å². The summed E-state index contributed by atoms with van der Waals surface area (Å²) in [4.78, 5) is 20.1. The highest BCUT2D eigenvalue weighted by atomic mass is 79.9. The van der Waals surface area contributed by atoms with Gasteiger partial charge in [-0.3, -0.25) is 0 Å². The minimum atomic E-state index is -4.65. The van der Waals surface area contributed by atoms with Crippen molar-refractivity contribution in [1.29, 1.82) is 0 Å². The van der Waals surface area contributed by atoms with Crippen LogP contribution in [-0.2, 0) is 4.57 Å². The van der Waals surface area contributed by atoms with Crippen LogP contribution in [0.15, 0.2) is 0 Å². The van der Waals surface area contributed by atoms with Crippen LogP contribution in [-0.4, -0.2) is 15.8 Å². The van der Waals surface area contributed by atoms with Gasteiger partial charge in [0.05, 0.1) is 10.7 Å². The zero-order valence-corrected chi connectivity index (χ0v) is 7.13. The van der Waals surface area contributed by atoms with Crippen LogP contribution in [0.25, 0.3) is 0 Å². The molecule has 0 saturated heterocycles. The van der Waals surface area contributed by atoms with Crippen LogP contribution < -0.4 is 9.79 Å². The molecule has 0 aromatic heterocycles. The summed E-state index contributed by atoms with van der Waals surface area (Å²) < 4.78 is 8.67. The first-order valence-electron chi connectivity index (χ1n) is 2.19. The molecule has 0 heterocycles. The van der Waals surface area contributed by atoms with Crippen LogP contribution in [0.2, 0.25) is 0 Å². The van der Waals surface area contributed by atoms with Gasteiger partial charge in [0.25, 0.3) is 0 Å². The Labute approximate surface area is 61.2 Å². The van der Waals surface area contributed by atoms with Gasteiger partial charge < -0.3 is 19.5 Å². The van der Waals surface area contributed by atoms with E-state index in [1.54, 1.807) is 0 Å². The second-order valence-corrected chi connectivity index (χ2v) is 4.98. The third-order valence-electron chi connectivity index (χ3n) is 0.700. The molecule has 0 saturated carbocycles. The number of aliphatic hydroxyl groups is 1. The van der Waals surface area contributed by atoms with Crippen molar-refractivity contribution in [2.24, 2.45) is 0 Å². The summed E-state index contributed by atoms with van der Waals surface area (Å²) in [6.45, 7) is 1.22. The summed E-state index contributed by atoms with van der Waals surface area (Å²) >= 11 is 2.52. The Morgan fingerprint density at radius 2 is 2.00 bits per heavy atom. The molecule has 0 radical (unpaired) electrons. The Morgan fingerprint density at radius 1 is 1.67 bits per heavy atom. The Hall–Kier alpha value is 0.590. The predicted octanol–water partition coefficient (Wildman–Crippen LogP) is -0.998. The molecular formula is C3H6BrO4P-2. The van der Waals surface area contributed by atoms with E-state index < -0.39 is 18.3 Å². The van der Waals surface area contributed by atoms with Crippen molar-refractivity contribution in [3.8, 4) is 0 Å². The quantitative estimate of drug-likeness (QED) is 0.475. The zero-order valence-electron chi connectivity index (χ0n) is 4.65. The molecule has 1 N–H and O–H groups in total. The van der Waals surface area contributed by atoms with E-state index in [2.05, 4.69) is 15.9 Å². The summed E-state index contributed by atoms with van der Waals surface area (Å²) in [5.41, 5.74) is 0. The smallest absolute Gasteiger partial charge is 0.0683 e. The van der Waals surface area contributed by atoms with Crippen LogP contribution in [0, 0.1) is 0 Å². The first-order valence-corrected chi connectivity index (χ1v) is 4.72. The predicted molar refractivity (Wildman–Crippen MR) is 32.0 cm³/mol. The van der Waals surface area contributed by atoms with E-state index in [0.29, 0.717) is 0 Å². The summed E-state index contributed by atoms with van der Waals surface area (Å²) in [5.74, 6) is 0. The second-order valence-electron chi connectivity index (χ2n) is 1.65. The van der Waals surface area contributed by atoms with Gasteiger partial charge in [-0.15, -0.1) is 0 Å². The summed E-state index contributed by atoms with van der Waals surface area (Å²) in [7, 11) is -4.65. The Kier molecular flexibility index (Phi) is 3.33. The fourth-order valence-electron chi connectivity index (χ4n) is 0.264. The molecule has 0 aromatic rings. The average molecular weight is 217 g/mol. The van der Waals surface area contributed by atoms with Gasteiger partial charge in [0.1, 0.15) is 0 Å². The molecule has 0 aliphatic rings. The molecule has 0 bridgehead atoms. The van der Waals surface area contributed by atoms with Gasteiger partial charge in [-0.25, -0.2) is 0 Å². The lowest BCUT2D eigenvalue weighted by Crippen LogP contribution is -2.29. The first kappa shape index (κ1) is 9.59. The van der Waals surface area contributed by atoms with Crippen molar-refractivity contribution < 1.29 is 19.5 Å². The van der Waals surface area contributed by atoms with Gasteiger partial charge in [0.15, 0.2) is 0 Å². The number of halogens is 1. The van der Waals surface area contributed by atoms with Gasteiger partial charge in [-0.2, -0.15) is 0 Å². The van der Waals surface area contributed by atoms with Crippen LogP contribution in [0.5, 0.6) is 0 Å². The van der Waals surface area contributed by atoms with E-state index in [1.165, 1.54) is 6.92 Å². The summed E-state index contributed by atoms with van der Waals surface area (Å²) in [5, 5.41) is 8.54. The third kappa shape index (κ3) is 3.33. The number of alkyl halides is 1. The summed E-state index contributed by atoms with van der Waals surface area (Å²) in [6.07, 6.45) is -1.16. The van der Waals surface area contributed by atoms with Crippen LogP contribution in [0.3, 0.4) is 0 Å². The largest absolute Gasteiger partial charge is 0.810 e. The maximum absolute atomic E-state index is 10.0. The van der Waals surface area contributed by atoms with Gasteiger partial charge >= 0.3 is 0 Å². The molecule has 0 aromatic carbocycles. The lowest BCUT2D eigenvalue weighted by atomic mass is 10.5. The van der Waals surface area contributed by atoms with E-state index in [9.17, 15) is 14.4 Å². The molecule has 0 amide bonds. The van der Waals surface area contributed by atoms with Gasteiger partial charge in [-0.05, 0) is 6.92 Å². The zero-order chi connectivity index (χ0) is 7.65. The van der Waals surface area contributed by atoms with Gasteiger partial charge in [-0.1, -0.05) is 23.5 Å². The van der Waals surface area contributed by atoms with Crippen molar-refractivity contribution >= 4 is 23.5 Å². The van der Waals surface area contributed by atoms with E-state index in [-0.39, 0.29) is 0 Å². The molecular weight excluding hydrogens is 211 g/mol. The van der Waals surface area contributed by atoms with Gasteiger partial charge in [0.2, 0.25) is 0 Å². The molecule has 2 atom stereocenters. The van der Waals surface area contributed by atoms with Crippen LogP contribution >= 0.6 is 23.5 Å². The fraction of sp³-hybridized carbons (Fsp3) is 1.00. The molecule has 0 rings (SSSR count). The normalized spacial score (nSPS) is 19.2. The molecule has 56 valence electrons. The van der Waals surface area contributed by atoms with E-state index in [1.807, 2.05) is 0 Å². The molecule has 0 aliphatic heterocycles. The fourth-order valence-corrected chi connectivity index (χ4v) is 0.793. The number of hydrogen-bond acceptors (Lipinski definition) is 4. The Morgan fingerprint density at radius 3 is 2.00 bits per heavy atom. The highest BCUT2D eigenvalue weighted by Gasteiger charge is 2.13. The minimum absolute atomic E-state index is 1.16. The molecule has 4 nitrogen and oxygen atoms in total. The van der Waals surface area contributed by atoms with E-state index in [0.717, 1.165) is 0 Å². The number of aliphatic hydroxyl groups excluding tert-OH is 1. The SMILES string of the molecule is CC(O)C(Br)P(=O)([O-])[O-]. The van der Waals surface area contributed by atoms with E-state index in [4.69, 9.17) is 5.11 Å². The average Bonchev–Trinajstić information content (AvgIpc) is 1.62. The molecule has 0 aliphatic carbocycles. The van der Waals surface area contributed by atoms with Crippen LogP contribution in [0.4, 0.5) is 0 Å². The molecule has 0 fully saturated rings. The highest BCUT2D eigenvalue weighted by Crippen LogP contribution is 2.37. The monoisotopic (exact) mass is 216 g/mol. The highest BCUT2D eigenvalue weighted by molar-refractivity contribution is 9.10. The molecule has 2 unspecified atom stereocenters.